The van der Waals surface area contributed by atoms with E-state index < -0.39 is 12.0 Å². The van der Waals surface area contributed by atoms with Crippen LogP contribution in [0.25, 0.3) is 0 Å². The van der Waals surface area contributed by atoms with Crippen molar-refractivity contribution < 1.29 is 13.2 Å². The standard InChI is InChI=1S/C11H11F3N6/c12-11(13,14)10-18-17-9-6-19(3-4-20(9)10)8-2-1-7(15)5-16-8/h1-2,5H,3-4,6,15H2. The second-order valence-corrected chi connectivity index (χ2v) is 4.46. The number of pyridine rings is 1. The van der Waals surface area contributed by atoms with Gasteiger partial charge in [-0.25, -0.2) is 4.98 Å². The van der Waals surface area contributed by atoms with Gasteiger partial charge in [-0.3, -0.25) is 0 Å². The van der Waals surface area contributed by atoms with E-state index in [1.807, 2.05) is 4.90 Å². The van der Waals surface area contributed by atoms with Crippen LogP contribution in [-0.4, -0.2) is 26.3 Å². The predicted octanol–water partition coefficient (Wildman–Crippen LogP) is 1.29. The summed E-state index contributed by atoms with van der Waals surface area (Å²) in [5.41, 5.74) is 6.09. The van der Waals surface area contributed by atoms with Gasteiger partial charge in [-0.1, -0.05) is 0 Å². The monoisotopic (exact) mass is 284 g/mol. The minimum atomic E-state index is -4.48. The first-order chi connectivity index (χ1) is 9.45. The highest BCUT2D eigenvalue weighted by Gasteiger charge is 2.39. The molecule has 0 fully saturated rings. The Morgan fingerprint density at radius 3 is 2.60 bits per heavy atom. The zero-order chi connectivity index (χ0) is 14.3. The quantitative estimate of drug-likeness (QED) is 0.854. The first-order valence-corrected chi connectivity index (χ1v) is 5.91. The lowest BCUT2D eigenvalue weighted by Gasteiger charge is -2.28. The van der Waals surface area contributed by atoms with Crippen LogP contribution in [0.5, 0.6) is 0 Å². The Kier molecular flexibility index (Phi) is 2.77. The molecule has 9 heteroatoms. The van der Waals surface area contributed by atoms with Crippen LogP contribution in [-0.2, 0) is 19.3 Å². The van der Waals surface area contributed by atoms with E-state index in [4.69, 9.17) is 5.73 Å². The minimum absolute atomic E-state index is 0.170. The Bertz CT molecular complexity index is 618. The fourth-order valence-electron chi connectivity index (χ4n) is 2.15. The molecule has 20 heavy (non-hydrogen) atoms. The number of nitrogens with two attached hydrogens (primary N) is 1. The van der Waals surface area contributed by atoms with E-state index in [1.165, 1.54) is 6.20 Å². The van der Waals surface area contributed by atoms with Crippen molar-refractivity contribution in [1.29, 1.82) is 0 Å². The van der Waals surface area contributed by atoms with Crippen molar-refractivity contribution in [2.24, 2.45) is 0 Å². The average Bonchev–Trinajstić information content (AvgIpc) is 2.82. The number of halogens is 3. The normalized spacial score (nSPS) is 15.2. The van der Waals surface area contributed by atoms with E-state index in [2.05, 4.69) is 15.2 Å². The van der Waals surface area contributed by atoms with Crippen LogP contribution < -0.4 is 10.6 Å². The van der Waals surface area contributed by atoms with Gasteiger partial charge in [0.25, 0.3) is 0 Å². The van der Waals surface area contributed by atoms with Gasteiger partial charge in [0.05, 0.1) is 18.4 Å². The largest absolute Gasteiger partial charge is 0.451 e. The fraction of sp³-hybridized carbons (Fsp3) is 0.364. The first-order valence-electron chi connectivity index (χ1n) is 5.91. The maximum atomic E-state index is 12.7. The Balaban J connectivity index is 1.86. The molecule has 0 aromatic carbocycles. The van der Waals surface area contributed by atoms with Crippen LogP contribution in [0.1, 0.15) is 11.6 Å². The number of alkyl halides is 3. The van der Waals surface area contributed by atoms with Crippen LogP contribution in [0.4, 0.5) is 24.7 Å². The third-order valence-electron chi connectivity index (χ3n) is 3.10. The highest BCUT2D eigenvalue weighted by atomic mass is 19.4. The molecule has 3 rings (SSSR count). The number of nitrogens with zero attached hydrogens (tertiary/aromatic N) is 5. The van der Waals surface area contributed by atoms with Gasteiger partial charge in [-0.15, -0.1) is 10.2 Å². The molecule has 0 bridgehead atoms. The zero-order valence-electron chi connectivity index (χ0n) is 10.3. The summed E-state index contributed by atoms with van der Waals surface area (Å²) >= 11 is 0. The Labute approximate surface area is 112 Å². The molecule has 0 saturated heterocycles. The number of fused-ring (bicyclic) bond motifs is 1. The Morgan fingerprint density at radius 2 is 1.95 bits per heavy atom. The number of hydrogen-bond donors (Lipinski definition) is 1. The van der Waals surface area contributed by atoms with Gasteiger partial charge in [0.15, 0.2) is 5.82 Å². The summed E-state index contributed by atoms with van der Waals surface area (Å²) in [5.74, 6) is -0.0124. The van der Waals surface area contributed by atoms with E-state index in [0.717, 1.165) is 4.57 Å². The number of nitrogen functional groups attached to an aromatic ring is 1. The molecule has 106 valence electrons. The van der Waals surface area contributed by atoms with Crippen LogP contribution in [0.15, 0.2) is 18.3 Å². The lowest BCUT2D eigenvalue weighted by molar-refractivity contribution is -0.147. The molecule has 6 nitrogen and oxygen atoms in total. The second-order valence-electron chi connectivity index (χ2n) is 4.46. The van der Waals surface area contributed by atoms with Crippen molar-refractivity contribution in [3.63, 3.8) is 0 Å². The van der Waals surface area contributed by atoms with Crippen LogP contribution in [0.3, 0.4) is 0 Å². The van der Waals surface area contributed by atoms with Gasteiger partial charge in [-0.05, 0) is 12.1 Å². The van der Waals surface area contributed by atoms with Gasteiger partial charge in [0, 0.05) is 13.1 Å². The summed E-state index contributed by atoms with van der Waals surface area (Å²) in [7, 11) is 0. The van der Waals surface area contributed by atoms with Gasteiger partial charge in [0.2, 0.25) is 5.82 Å². The van der Waals surface area contributed by atoms with Gasteiger partial charge >= 0.3 is 6.18 Å². The summed E-state index contributed by atoms with van der Waals surface area (Å²) in [6, 6.07) is 3.43. The summed E-state index contributed by atoms with van der Waals surface area (Å²) < 4.78 is 39.2. The summed E-state index contributed by atoms with van der Waals surface area (Å²) in [5, 5.41) is 6.85. The molecule has 0 amide bonds. The molecule has 0 unspecified atom stereocenters. The van der Waals surface area contributed by atoms with Gasteiger partial charge in [0.1, 0.15) is 5.82 Å². The van der Waals surface area contributed by atoms with E-state index >= 15 is 0 Å². The third-order valence-corrected chi connectivity index (χ3v) is 3.10. The van der Waals surface area contributed by atoms with Crippen LogP contribution >= 0.6 is 0 Å². The molecular formula is C11H11F3N6. The van der Waals surface area contributed by atoms with E-state index in [0.29, 0.717) is 18.1 Å². The molecule has 2 N–H and O–H groups in total. The maximum Gasteiger partial charge on any atom is 0.451 e. The zero-order valence-corrected chi connectivity index (χ0v) is 10.3. The number of aromatic nitrogens is 4. The van der Waals surface area contributed by atoms with Crippen LogP contribution in [0.2, 0.25) is 0 Å². The molecule has 1 aliphatic heterocycles. The maximum absolute atomic E-state index is 12.7. The molecule has 0 aliphatic carbocycles. The highest BCUT2D eigenvalue weighted by Crippen LogP contribution is 2.30. The lowest BCUT2D eigenvalue weighted by Crippen LogP contribution is -2.35. The molecule has 0 spiro atoms. The smallest absolute Gasteiger partial charge is 0.397 e. The SMILES string of the molecule is Nc1ccc(N2CCn3c(nnc3C(F)(F)F)C2)nc1. The molecule has 0 radical (unpaired) electrons. The second kappa shape index (κ2) is 4.36. The van der Waals surface area contributed by atoms with Gasteiger partial charge in [-0.2, -0.15) is 13.2 Å². The average molecular weight is 284 g/mol. The number of hydrogen-bond acceptors (Lipinski definition) is 5. The molecular weight excluding hydrogens is 273 g/mol. The number of anilines is 2. The van der Waals surface area contributed by atoms with Crippen molar-refractivity contribution in [2.45, 2.75) is 19.3 Å². The molecule has 2 aromatic rings. The van der Waals surface area contributed by atoms with Gasteiger partial charge < -0.3 is 15.2 Å². The third kappa shape index (κ3) is 2.15. The van der Waals surface area contributed by atoms with Crippen molar-refractivity contribution in [3.05, 3.63) is 30.0 Å². The minimum Gasteiger partial charge on any atom is -0.397 e. The summed E-state index contributed by atoms with van der Waals surface area (Å²) in [6.45, 7) is 0.814. The predicted molar refractivity (Wildman–Crippen MR) is 64.7 cm³/mol. The van der Waals surface area contributed by atoms with E-state index in [1.54, 1.807) is 12.1 Å². The number of rotatable bonds is 1. The molecule has 3 heterocycles. The van der Waals surface area contributed by atoms with Crippen LogP contribution in [0, 0.1) is 0 Å². The Hall–Kier alpha value is -2.32. The lowest BCUT2D eigenvalue weighted by atomic mass is 10.3. The topological polar surface area (TPSA) is 72.9 Å². The molecule has 1 aliphatic rings. The van der Waals surface area contributed by atoms with E-state index in [-0.39, 0.29) is 18.9 Å². The van der Waals surface area contributed by atoms with Crippen molar-refractivity contribution in [1.82, 2.24) is 19.7 Å². The van der Waals surface area contributed by atoms with Crippen molar-refractivity contribution >= 4 is 11.5 Å². The van der Waals surface area contributed by atoms with Crippen molar-refractivity contribution in [2.75, 3.05) is 17.2 Å². The molecule has 0 saturated carbocycles. The van der Waals surface area contributed by atoms with Crippen molar-refractivity contribution in [3.8, 4) is 0 Å². The fourth-order valence-corrected chi connectivity index (χ4v) is 2.15. The molecule has 0 atom stereocenters. The summed E-state index contributed by atoms with van der Waals surface area (Å²) in [4.78, 5) is 5.99. The highest BCUT2D eigenvalue weighted by molar-refractivity contribution is 5.46. The molecule has 2 aromatic heterocycles. The summed E-state index contributed by atoms with van der Waals surface area (Å²) in [6.07, 6.45) is -2.97. The first kappa shape index (κ1) is 12.7. The Morgan fingerprint density at radius 1 is 1.15 bits per heavy atom. The van der Waals surface area contributed by atoms with E-state index in [9.17, 15) is 13.2 Å².